The van der Waals surface area contributed by atoms with Gasteiger partial charge in [-0.2, -0.15) is 0 Å². The maximum absolute atomic E-state index is 13.2. The second kappa shape index (κ2) is 10.00. The summed E-state index contributed by atoms with van der Waals surface area (Å²) in [5, 5.41) is 0.505. The lowest BCUT2D eigenvalue weighted by Gasteiger charge is -2.19. The van der Waals surface area contributed by atoms with Crippen LogP contribution in [0, 0.1) is 0 Å². The number of halogens is 1. The van der Waals surface area contributed by atoms with E-state index in [1.807, 2.05) is 0 Å². The van der Waals surface area contributed by atoms with Crippen LogP contribution in [-0.2, 0) is 4.74 Å². The average molecular weight is 441 g/mol. The van der Waals surface area contributed by atoms with Crippen molar-refractivity contribution in [2.45, 2.75) is 6.10 Å². The summed E-state index contributed by atoms with van der Waals surface area (Å²) < 4.78 is 21.5. The first-order valence-corrected chi connectivity index (χ1v) is 9.72. The van der Waals surface area contributed by atoms with Crippen LogP contribution in [0.1, 0.15) is 32.4 Å². The fourth-order valence-corrected chi connectivity index (χ4v) is 3.16. The lowest BCUT2D eigenvalue weighted by molar-refractivity contribution is 0.0279. The molecular formula is C24H21ClO6. The summed E-state index contributed by atoms with van der Waals surface area (Å²) in [5.41, 5.74) is 1.06. The van der Waals surface area contributed by atoms with Crippen molar-refractivity contribution in [1.82, 2.24) is 0 Å². The van der Waals surface area contributed by atoms with Gasteiger partial charge in [0, 0.05) is 16.1 Å². The molecule has 0 saturated heterocycles. The van der Waals surface area contributed by atoms with Gasteiger partial charge in [0.2, 0.25) is 11.5 Å². The van der Waals surface area contributed by atoms with E-state index in [1.165, 1.54) is 33.5 Å². The van der Waals surface area contributed by atoms with Crippen LogP contribution in [0.2, 0.25) is 5.02 Å². The molecular weight excluding hydrogens is 420 g/mol. The first-order valence-electron chi connectivity index (χ1n) is 9.34. The Morgan fingerprint density at radius 1 is 0.774 bits per heavy atom. The molecule has 3 aromatic rings. The van der Waals surface area contributed by atoms with Crippen molar-refractivity contribution in [2.24, 2.45) is 0 Å². The molecule has 0 aliphatic heterocycles. The third-order valence-electron chi connectivity index (χ3n) is 4.59. The Balaban J connectivity index is 1.98. The monoisotopic (exact) mass is 440 g/mol. The zero-order chi connectivity index (χ0) is 22.4. The van der Waals surface area contributed by atoms with E-state index in [1.54, 1.807) is 54.6 Å². The zero-order valence-electron chi connectivity index (χ0n) is 17.3. The number of Topliss-reactive ketones (excluding diaryl/α,β-unsaturated/α-hetero) is 1. The Labute approximate surface area is 185 Å². The van der Waals surface area contributed by atoms with Gasteiger partial charge in [-0.25, -0.2) is 4.79 Å². The Hall–Kier alpha value is -3.51. The Morgan fingerprint density at radius 3 is 1.87 bits per heavy atom. The van der Waals surface area contributed by atoms with E-state index in [9.17, 15) is 9.59 Å². The fourth-order valence-electron chi connectivity index (χ4n) is 3.04. The minimum Gasteiger partial charge on any atom is -0.493 e. The van der Waals surface area contributed by atoms with Crippen LogP contribution < -0.4 is 14.2 Å². The fraction of sp³-hybridized carbons (Fsp3) is 0.167. The first kappa shape index (κ1) is 22.2. The Kier molecular flexibility index (Phi) is 7.15. The van der Waals surface area contributed by atoms with Crippen LogP contribution in [0.5, 0.6) is 17.2 Å². The van der Waals surface area contributed by atoms with Crippen LogP contribution >= 0.6 is 11.6 Å². The number of rotatable bonds is 8. The van der Waals surface area contributed by atoms with Crippen LogP contribution in [0.15, 0.2) is 66.7 Å². The molecule has 0 aliphatic rings. The number of carbonyl (C=O) groups excluding carboxylic acids is 2. The highest BCUT2D eigenvalue weighted by Gasteiger charge is 2.28. The molecule has 0 heterocycles. The highest BCUT2D eigenvalue weighted by molar-refractivity contribution is 6.30. The quantitative estimate of drug-likeness (QED) is 0.356. The van der Waals surface area contributed by atoms with Crippen molar-refractivity contribution in [2.75, 3.05) is 21.3 Å². The molecule has 0 aromatic heterocycles. The molecule has 3 aromatic carbocycles. The standard InChI is InChI=1S/C24H21ClO6/c1-28-19-13-17(14-20(29-2)23(19)30-3)24(27)31-22(16-9-11-18(25)12-10-16)21(26)15-7-5-4-6-8-15/h4-14,22H,1-3H3/t22-/m1/s1. The summed E-state index contributed by atoms with van der Waals surface area (Å²) in [6.07, 6.45) is -1.16. The van der Waals surface area contributed by atoms with E-state index in [-0.39, 0.29) is 11.3 Å². The second-order valence-corrected chi connectivity index (χ2v) is 6.92. The van der Waals surface area contributed by atoms with Gasteiger partial charge in [0.1, 0.15) is 0 Å². The molecule has 0 saturated carbocycles. The van der Waals surface area contributed by atoms with Gasteiger partial charge in [0.05, 0.1) is 26.9 Å². The number of hydrogen-bond acceptors (Lipinski definition) is 6. The molecule has 0 amide bonds. The minimum atomic E-state index is -1.16. The highest BCUT2D eigenvalue weighted by Crippen LogP contribution is 2.38. The molecule has 0 bridgehead atoms. The minimum absolute atomic E-state index is 0.148. The number of benzene rings is 3. The smallest absolute Gasteiger partial charge is 0.339 e. The molecule has 0 aliphatic carbocycles. The normalized spacial score (nSPS) is 11.4. The van der Waals surface area contributed by atoms with Gasteiger partial charge in [-0.15, -0.1) is 0 Å². The zero-order valence-corrected chi connectivity index (χ0v) is 18.0. The van der Waals surface area contributed by atoms with Gasteiger partial charge in [-0.1, -0.05) is 54.1 Å². The van der Waals surface area contributed by atoms with Crippen molar-refractivity contribution >= 4 is 23.4 Å². The molecule has 0 radical (unpaired) electrons. The first-order chi connectivity index (χ1) is 15.0. The summed E-state index contributed by atoms with van der Waals surface area (Å²) in [4.78, 5) is 26.2. The summed E-state index contributed by atoms with van der Waals surface area (Å²) in [6, 6.07) is 18.1. The van der Waals surface area contributed by atoms with E-state index >= 15 is 0 Å². The lowest BCUT2D eigenvalue weighted by Crippen LogP contribution is -2.20. The van der Waals surface area contributed by atoms with E-state index in [0.29, 0.717) is 33.4 Å². The summed E-state index contributed by atoms with van der Waals surface area (Å²) in [6.45, 7) is 0. The molecule has 6 nitrogen and oxygen atoms in total. The molecule has 3 rings (SSSR count). The Bertz CT molecular complexity index is 1040. The lowest BCUT2D eigenvalue weighted by atomic mass is 9.99. The number of ether oxygens (including phenoxy) is 4. The second-order valence-electron chi connectivity index (χ2n) is 6.48. The van der Waals surface area contributed by atoms with Crippen molar-refractivity contribution in [3.05, 3.63) is 88.4 Å². The maximum Gasteiger partial charge on any atom is 0.339 e. The maximum atomic E-state index is 13.2. The van der Waals surface area contributed by atoms with Gasteiger partial charge >= 0.3 is 5.97 Å². The Morgan fingerprint density at radius 2 is 1.35 bits per heavy atom. The SMILES string of the molecule is COc1cc(C(=O)O[C@@H](C(=O)c2ccccc2)c2ccc(Cl)cc2)cc(OC)c1OC. The van der Waals surface area contributed by atoms with Crippen molar-refractivity contribution in [3.8, 4) is 17.2 Å². The average Bonchev–Trinajstić information content (AvgIpc) is 2.82. The van der Waals surface area contributed by atoms with Crippen LogP contribution in [-0.4, -0.2) is 33.1 Å². The summed E-state index contributed by atoms with van der Waals surface area (Å²) in [7, 11) is 4.36. The highest BCUT2D eigenvalue weighted by atomic mass is 35.5. The van der Waals surface area contributed by atoms with Crippen LogP contribution in [0.4, 0.5) is 0 Å². The van der Waals surface area contributed by atoms with Gasteiger partial charge in [0.25, 0.3) is 0 Å². The predicted molar refractivity (Wildman–Crippen MR) is 116 cm³/mol. The number of carbonyl (C=O) groups is 2. The summed E-state index contributed by atoms with van der Waals surface area (Å²) in [5.74, 6) is -0.138. The molecule has 0 unspecified atom stereocenters. The molecule has 31 heavy (non-hydrogen) atoms. The molecule has 160 valence electrons. The van der Waals surface area contributed by atoms with Crippen molar-refractivity contribution in [1.29, 1.82) is 0 Å². The number of esters is 1. The van der Waals surface area contributed by atoms with Crippen LogP contribution in [0.3, 0.4) is 0 Å². The predicted octanol–water partition coefficient (Wildman–Crippen LogP) is 5.15. The van der Waals surface area contributed by atoms with Crippen molar-refractivity contribution in [3.63, 3.8) is 0 Å². The molecule has 0 spiro atoms. The summed E-state index contributed by atoms with van der Waals surface area (Å²) >= 11 is 5.98. The van der Waals surface area contributed by atoms with Gasteiger partial charge < -0.3 is 18.9 Å². The van der Waals surface area contributed by atoms with E-state index in [2.05, 4.69) is 0 Å². The van der Waals surface area contributed by atoms with Crippen molar-refractivity contribution < 1.29 is 28.5 Å². The third kappa shape index (κ3) is 4.98. The van der Waals surface area contributed by atoms with Gasteiger partial charge in [-0.05, 0) is 24.3 Å². The van der Waals surface area contributed by atoms with Gasteiger partial charge in [-0.3, -0.25) is 4.79 Å². The van der Waals surface area contributed by atoms with Gasteiger partial charge in [0.15, 0.2) is 17.6 Å². The van der Waals surface area contributed by atoms with E-state index < -0.39 is 12.1 Å². The number of hydrogen-bond donors (Lipinski definition) is 0. The van der Waals surface area contributed by atoms with E-state index in [0.717, 1.165) is 0 Å². The van der Waals surface area contributed by atoms with E-state index in [4.69, 9.17) is 30.5 Å². The number of methoxy groups -OCH3 is 3. The molecule has 7 heteroatoms. The van der Waals surface area contributed by atoms with Crippen LogP contribution in [0.25, 0.3) is 0 Å². The molecule has 0 N–H and O–H groups in total. The third-order valence-corrected chi connectivity index (χ3v) is 4.85. The largest absolute Gasteiger partial charge is 0.493 e. The molecule has 1 atom stereocenters. The molecule has 0 fully saturated rings. The number of ketones is 1. The topological polar surface area (TPSA) is 71.1 Å².